The van der Waals surface area contributed by atoms with Crippen molar-refractivity contribution in [3.8, 4) is 0 Å². The molecule has 0 aromatic heterocycles. The lowest BCUT2D eigenvalue weighted by molar-refractivity contribution is 0.727. The summed E-state index contributed by atoms with van der Waals surface area (Å²) in [5, 5.41) is 0. The first kappa shape index (κ1) is 12.9. The molecule has 0 amide bonds. The summed E-state index contributed by atoms with van der Waals surface area (Å²) < 4.78 is 0. The van der Waals surface area contributed by atoms with Gasteiger partial charge in [-0.25, -0.2) is 0 Å². The summed E-state index contributed by atoms with van der Waals surface area (Å²) >= 11 is 1.86. The van der Waals surface area contributed by atoms with Crippen LogP contribution in [0.2, 0.25) is 0 Å². The minimum Gasteiger partial charge on any atom is -0.330 e. The molecule has 1 nitrogen and oxygen atoms in total. The van der Waals surface area contributed by atoms with E-state index in [1.54, 1.807) is 0 Å². The van der Waals surface area contributed by atoms with Gasteiger partial charge in [-0.05, 0) is 25.0 Å². The summed E-state index contributed by atoms with van der Waals surface area (Å²) in [5.41, 5.74) is 5.21. The van der Waals surface area contributed by atoms with E-state index >= 15 is 0 Å². The van der Waals surface area contributed by atoms with Gasteiger partial charge < -0.3 is 5.73 Å². The molecule has 0 rings (SSSR count). The van der Waals surface area contributed by atoms with Crippen LogP contribution in [0.15, 0.2) is 0 Å². The van der Waals surface area contributed by atoms with Crippen molar-refractivity contribution in [2.24, 2.45) is 5.73 Å². The Morgan fingerprint density at radius 3 is 1.80 bits per heavy atom. The molecule has 0 saturated carbocycles. The van der Waals surface area contributed by atoms with Crippen LogP contribution in [0.25, 0.3) is 0 Å². The van der Waals surface area contributed by atoms with E-state index < -0.39 is 0 Å². The fourth-order valence-corrected chi connectivity index (χ4v) is 0.394. The van der Waals surface area contributed by atoms with Crippen LogP contribution in [-0.4, -0.2) is 18.6 Å². The molecule has 64 valence electrons. The monoisotopic (exact) mass is 163 g/mol. The van der Waals surface area contributed by atoms with Crippen molar-refractivity contribution in [2.75, 3.05) is 18.6 Å². The van der Waals surface area contributed by atoms with Crippen LogP contribution in [-0.2, 0) is 0 Å². The fourth-order valence-electron chi connectivity index (χ4n) is 0.394. The number of nitrogens with two attached hydrogens (primary N) is 1. The number of hydrogen-bond donors (Lipinski definition) is 1. The Balaban J connectivity index is 0. The third kappa shape index (κ3) is 23.9. The van der Waals surface area contributed by atoms with Crippen molar-refractivity contribution in [1.82, 2.24) is 0 Å². The molecule has 0 radical (unpaired) electrons. The zero-order chi connectivity index (χ0) is 8.24. The van der Waals surface area contributed by atoms with E-state index in [0.717, 1.165) is 6.54 Å². The number of rotatable bonds is 4. The van der Waals surface area contributed by atoms with Crippen LogP contribution in [0.4, 0.5) is 0 Å². The standard InChI is InChI=1S/C5H13N.C3H8S/c1-2-3-4-5-6;1-3-4-2/h2-6H2,1H3;3H2,1-2H3. The molecule has 0 fully saturated rings. The molecule has 0 spiro atoms. The first-order chi connectivity index (χ1) is 4.83. The maximum atomic E-state index is 5.21. The SMILES string of the molecule is CCCCCN.CCSC. The van der Waals surface area contributed by atoms with Crippen molar-refractivity contribution in [1.29, 1.82) is 0 Å². The lowest BCUT2D eigenvalue weighted by Crippen LogP contribution is -1.96. The molecule has 2 N–H and O–H groups in total. The van der Waals surface area contributed by atoms with E-state index in [1.807, 2.05) is 11.8 Å². The van der Waals surface area contributed by atoms with Crippen molar-refractivity contribution in [2.45, 2.75) is 33.1 Å². The van der Waals surface area contributed by atoms with E-state index in [4.69, 9.17) is 5.73 Å². The van der Waals surface area contributed by atoms with E-state index in [-0.39, 0.29) is 0 Å². The van der Waals surface area contributed by atoms with Crippen molar-refractivity contribution >= 4 is 11.8 Å². The van der Waals surface area contributed by atoms with E-state index in [1.165, 1.54) is 25.0 Å². The smallest absolute Gasteiger partial charge is 0.00773 e. The van der Waals surface area contributed by atoms with Gasteiger partial charge in [-0.1, -0.05) is 26.7 Å². The minimum absolute atomic E-state index is 0.855. The molecular weight excluding hydrogens is 142 g/mol. The summed E-state index contributed by atoms with van der Waals surface area (Å²) in [6, 6.07) is 0. The predicted molar refractivity (Wildman–Crippen MR) is 52.6 cm³/mol. The number of hydrogen-bond acceptors (Lipinski definition) is 2. The molecule has 0 saturated heterocycles. The minimum atomic E-state index is 0.855. The first-order valence-corrected chi connectivity index (χ1v) is 5.41. The molecule has 0 aliphatic heterocycles. The Kier molecular flexibility index (Phi) is 20.9. The summed E-state index contributed by atoms with van der Waals surface area (Å²) in [6.07, 6.45) is 5.85. The van der Waals surface area contributed by atoms with Crippen LogP contribution in [0.5, 0.6) is 0 Å². The highest BCUT2D eigenvalue weighted by Crippen LogP contribution is 1.88. The Morgan fingerprint density at radius 1 is 1.20 bits per heavy atom. The molecule has 0 aliphatic rings. The molecule has 0 aromatic carbocycles. The molecule has 0 unspecified atom stereocenters. The zero-order valence-electron chi connectivity index (χ0n) is 7.52. The van der Waals surface area contributed by atoms with Gasteiger partial charge in [0.2, 0.25) is 0 Å². The summed E-state index contributed by atoms with van der Waals surface area (Å²) in [7, 11) is 0. The second kappa shape index (κ2) is 16.1. The molecular formula is C8H21NS. The van der Waals surface area contributed by atoms with Gasteiger partial charge in [0.15, 0.2) is 0 Å². The second-order valence-electron chi connectivity index (χ2n) is 2.07. The third-order valence-electron chi connectivity index (χ3n) is 1.10. The molecule has 2 heteroatoms. The van der Waals surface area contributed by atoms with Crippen molar-refractivity contribution < 1.29 is 0 Å². The van der Waals surface area contributed by atoms with Crippen LogP contribution >= 0.6 is 11.8 Å². The Morgan fingerprint density at radius 2 is 1.70 bits per heavy atom. The lowest BCUT2D eigenvalue weighted by atomic mass is 10.3. The van der Waals surface area contributed by atoms with Crippen molar-refractivity contribution in [3.63, 3.8) is 0 Å². The third-order valence-corrected chi connectivity index (χ3v) is 1.67. The van der Waals surface area contributed by atoms with Crippen LogP contribution in [0.3, 0.4) is 0 Å². The second-order valence-corrected chi connectivity index (χ2v) is 3.23. The maximum absolute atomic E-state index is 5.21. The predicted octanol–water partition coefficient (Wildman–Crippen LogP) is 2.50. The Bertz CT molecular complexity index is 34.2. The summed E-state index contributed by atoms with van der Waals surface area (Å²) in [4.78, 5) is 0. The highest BCUT2D eigenvalue weighted by Gasteiger charge is 1.75. The van der Waals surface area contributed by atoms with Gasteiger partial charge in [0.05, 0.1) is 0 Å². The van der Waals surface area contributed by atoms with Crippen LogP contribution in [0.1, 0.15) is 33.1 Å². The Labute approximate surface area is 69.8 Å². The molecule has 0 aliphatic carbocycles. The zero-order valence-corrected chi connectivity index (χ0v) is 8.34. The van der Waals surface area contributed by atoms with Crippen LogP contribution < -0.4 is 5.73 Å². The molecule has 0 heterocycles. The Hall–Kier alpha value is 0.310. The largest absolute Gasteiger partial charge is 0.330 e. The van der Waals surface area contributed by atoms with Gasteiger partial charge in [-0.2, -0.15) is 11.8 Å². The molecule has 0 aromatic rings. The average Bonchev–Trinajstić information content (AvgIpc) is 2.01. The first-order valence-electron chi connectivity index (χ1n) is 4.02. The topological polar surface area (TPSA) is 26.0 Å². The summed E-state index contributed by atoms with van der Waals surface area (Å²) in [5.74, 6) is 1.24. The normalized spacial score (nSPS) is 8.40. The fraction of sp³-hybridized carbons (Fsp3) is 1.00. The highest BCUT2D eigenvalue weighted by atomic mass is 32.2. The van der Waals surface area contributed by atoms with Gasteiger partial charge in [-0.3, -0.25) is 0 Å². The van der Waals surface area contributed by atoms with Crippen LogP contribution in [0, 0.1) is 0 Å². The van der Waals surface area contributed by atoms with Gasteiger partial charge in [0.25, 0.3) is 0 Å². The highest BCUT2D eigenvalue weighted by molar-refractivity contribution is 7.98. The van der Waals surface area contributed by atoms with Gasteiger partial charge >= 0.3 is 0 Å². The summed E-state index contributed by atoms with van der Waals surface area (Å²) in [6.45, 7) is 5.17. The van der Waals surface area contributed by atoms with E-state index in [0.29, 0.717) is 0 Å². The van der Waals surface area contributed by atoms with Gasteiger partial charge in [0.1, 0.15) is 0 Å². The lowest BCUT2D eigenvalue weighted by Gasteiger charge is -1.86. The quantitative estimate of drug-likeness (QED) is 0.644. The molecule has 10 heavy (non-hydrogen) atoms. The number of unbranched alkanes of at least 4 members (excludes halogenated alkanes) is 2. The molecule has 0 atom stereocenters. The van der Waals surface area contributed by atoms with E-state index in [2.05, 4.69) is 20.1 Å². The van der Waals surface area contributed by atoms with E-state index in [9.17, 15) is 0 Å². The average molecular weight is 163 g/mol. The number of thioether (sulfide) groups is 1. The maximum Gasteiger partial charge on any atom is -0.00773 e. The molecule has 0 bridgehead atoms. The van der Waals surface area contributed by atoms with Crippen molar-refractivity contribution in [3.05, 3.63) is 0 Å². The van der Waals surface area contributed by atoms with Gasteiger partial charge in [0, 0.05) is 0 Å². The van der Waals surface area contributed by atoms with Gasteiger partial charge in [-0.15, -0.1) is 0 Å².